The first-order valence-corrected chi connectivity index (χ1v) is 14.8. The van der Waals surface area contributed by atoms with Gasteiger partial charge in [0.25, 0.3) is 0 Å². The summed E-state index contributed by atoms with van der Waals surface area (Å²) in [5.41, 5.74) is -0.546. The Morgan fingerprint density at radius 3 is 2.35 bits per heavy atom. The van der Waals surface area contributed by atoms with Crippen molar-refractivity contribution in [1.29, 1.82) is 0 Å². The molecule has 2 aliphatic carbocycles. The Morgan fingerprint density at radius 1 is 1.06 bits per heavy atom. The maximum absolute atomic E-state index is 14.0. The van der Waals surface area contributed by atoms with Crippen molar-refractivity contribution in [3.8, 4) is 0 Å². The van der Waals surface area contributed by atoms with Gasteiger partial charge in [-0.3, -0.25) is 0 Å². The number of hydrogen-bond donors (Lipinski definition) is 1. The first-order chi connectivity index (χ1) is 14.8. The van der Waals surface area contributed by atoms with E-state index < -0.39 is 27.5 Å². The largest absolute Gasteiger partial charge is 0.392 e. The van der Waals surface area contributed by atoms with Crippen molar-refractivity contribution in [2.24, 2.45) is 23.2 Å². The fraction of sp³-hybridized carbons (Fsp3) is 1.00. The Bertz CT molecular complexity index is 704. The molecule has 0 aromatic heterocycles. The molecule has 3 unspecified atom stereocenters. The second-order valence-electron chi connectivity index (χ2n) is 11.2. The van der Waals surface area contributed by atoms with Crippen LogP contribution in [-0.2, 0) is 9.84 Å². The van der Waals surface area contributed by atoms with Crippen LogP contribution in [0.2, 0.25) is 0 Å². The smallest absolute Gasteiger partial charge is 0.154 e. The number of rotatable bonds is 6. The van der Waals surface area contributed by atoms with Crippen LogP contribution >= 0.6 is 0 Å². The molecule has 0 aromatic carbocycles. The van der Waals surface area contributed by atoms with Gasteiger partial charge in [0.15, 0.2) is 9.84 Å². The van der Waals surface area contributed by atoms with Crippen molar-refractivity contribution in [3.05, 3.63) is 0 Å². The van der Waals surface area contributed by atoms with Crippen molar-refractivity contribution >= 4 is 9.84 Å². The van der Waals surface area contributed by atoms with Crippen LogP contribution in [0.25, 0.3) is 0 Å². The highest BCUT2D eigenvalue weighted by Gasteiger charge is 2.57. The number of nitrogens with zero attached hydrogens (tertiary/aromatic N) is 1. The summed E-state index contributed by atoms with van der Waals surface area (Å²) in [6, 6.07) is 0.460. The molecule has 0 amide bonds. The predicted molar refractivity (Wildman–Crippen MR) is 123 cm³/mol. The van der Waals surface area contributed by atoms with Crippen molar-refractivity contribution in [2.45, 2.75) is 114 Å². The van der Waals surface area contributed by atoms with Gasteiger partial charge in [0.05, 0.1) is 17.1 Å². The molecule has 6 atom stereocenters. The van der Waals surface area contributed by atoms with Crippen LogP contribution < -0.4 is 0 Å². The Balaban J connectivity index is 1.71. The fourth-order valence-corrected chi connectivity index (χ4v) is 10.4. The number of aliphatic hydroxyl groups excluding tert-OH is 1. The molecule has 2 saturated heterocycles. The normalized spacial score (nSPS) is 46.0. The summed E-state index contributed by atoms with van der Waals surface area (Å²) < 4.78 is 41.5. The van der Waals surface area contributed by atoms with E-state index in [1.54, 1.807) is 0 Å². The van der Waals surface area contributed by atoms with E-state index in [9.17, 15) is 17.9 Å². The molecule has 0 aromatic rings. The van der Waals surface area contributed by atoms with E-state index >= 15 is 0 Å². The molecule has 2 heterocycles. The number of halogens is 1. The van der Waals surface area contributed by atoms with Crippen molar-refractivity contribution in [1.82, 2.24) is 4.90 Å². The molecule has 2 aliphatic heterocycles. The molecule has 4 rings (SSSR count). The summed E-state index contributed by atoms with van der Waals surface area (Å²) in [5, 5.41) is 11.7. The molecule has 0 spiro atoms. The van der Waals surface area contributed by atoms with E-state index in [0.717, 1.165) is 64.5 Å². The lowest BCUT2D eigenvalue weighted by atomic mass is 9.60. The first kappa shape index (κ1) is 23.9. The summed E-state index contributed by atoms with van der Waals surface area (Å²) in [4.78, 5) is 2.53. The number of sulfone groups is 1. The molecule has 4 fully saturated rings. The lowest BCUT2D eigenvalue weighted by Crippen LogP contribution is -2.53. The molecule has 1 N–H and O–H groups in total. The van der Waals surface area contributed by atoms with E-state index in [1.165, 1.54) is 6.42 Å². The van der Waals surface area contributed by atoms with E-state index in [4.69, 9.17) is 0 Å². The maximum atomic E-state index is 14.0. The molecular formula is C25H44FNO3S. The second kappa shape index (κ2) is 9.58. The molecule has 180 valence electrons. The van der Waals surface area contributed by atoms with Gasteiger partial charge >= 0.3 is 0 Å². The first-order valence-electron chi connectivity index (χ1n) is 13.1. The summed E-state index contributed by atoms with van der Waals surface area (Å²) in [7, 11) is -3.28. The predicted octanol–water partition coefficient (Wildman–Crippen LogP) is 4.75. The topological polar surface area (TPSA) is 57.6 Å². The molecule has 4 aliphatic rings. The number of likely N-dealkylation sites (tertiary alicyclic amines) is 1. The van der Waals surface area contributed by atoms with E-state index in [-0.39, 0.29) is 28.8 Å². The molecule has 6 heteroatoms. The van der Waals surface area contributed by atoms with Crippen LogP contribution in [-0.4, -0.2) is 60.8 Å². The monoisotopic (exact) mass is 457 g/mol. The van der Waals surface area contributed by atoms with Crippen LogP contribution in [0.4, 0.5) is 4.39 Å². The standard InChI is InChI=1S/C25H44FNO3S/c1-3-5-13-25(4-2)17-31(29,30)22-12-11-20(27-14-6-15-27)16-21(22)23(24(25)28)18-7-9-19(26)10-8-18/h18-24,28H,3-17H2,1-2H3/t18?,19?,20?,21?,22?,23-,24-,25-/m1/s1. The van der Waals surface area contributed by atoms with Crippen LogP contribution in [0.3, 0.4) is 0 Å². The van der Waals surface area contributed by atoms with Gasteiger partial charge < -0.3 is 10.0 Å². The third-order valence-corrected chi connectivity index (χ3v) is 12.1. The zero-order valence-corrected chi connectivity index (χ0v) is 20.5. The highest BCUT2D eigenvalue weighted by atomic mass is 32.2. The summed E-state index contributed by atoms with van der Waals surface area (Å²) in [5.74, 6) is 0.416. The molecule has 0 bridgehead atoms. The SMILES string of the molecule is CCCC[C@]1(CC)CS(=O)(=O)C2CCC(N3CCC3)CC2[C@@H](C2CCC(F)CC2)[C@H]1O. The highest BCUT2D eigenvalue weighted by molar-refractivity contribution is 7.92. The second-order valence-corrected chi connectivity index (χ2v) is 13.4. The lowest BCUT2D eigenvalue weighted by Gasteiger charge is -2.49. The third kappa shape index (κ3) is 4.59. The van der Waals surface area contributed by atoms with Gasteiger partial charge in [0, 0.05) is 11.5 Å². The molecule has 2 saturated carbocycles. The maximum Gasteiger partial charge on any atom is 0.154 e. The van der Waals surface area contributed by atoms with Gasteiger partial charge in [-0.25, -0.2) is 12.8 Å². The number of fused-ring (bicyclic) bond motifs is 1. The number of aliphatic hydroxyl groups is 1. The van der Waals surface area contributed by atoms with E-state index in [0.29, 0.717) is 25.3 Å². The molecule has 4 nitrogen and oxygen atoms in total. The zero-order valence-electron chi connectivity index (χ0n) is 19.6. The van der Waals surface area contributed by atoms with Crippen LogP contribution in [0.1, 0.15) is 90.9 Å². The average Bonchev–Trinajstić information content (AvgIpc) is 2.77. The van der Waals surface area contributed by atoms with Crippen molar-refractivity contribution < 1.29 is 17.9 Å². The summed E-state index contributed by atoms with van der Waals surface area (Å²) in [6.45, 7) is 6.47. The quantitative estimate of drug-likeness (QED) is 0.625. The minimum atomic E-state index is -3.28. The van der Waals surface area contributed by atoms with Gasteiger partial charge in [-0.05, 0) is 95.1 Å². The van der Waals surface area contributed by atoms with Gasteiger partial charge in [-0.1, -0.05) is 26.7 Å². The van der Waals surface area contributed by atoms with Gasteiger partial charge in [-0.2, -0.15) is 0 Å². The van der Waals surface area contributed by atoms with Gasteiger partial charge in [0.1, 0.15) is 6.17 Å². The Morgan fingerprint density at radius 2 is 1.77 bits per heavy atom. The van der Waals surface area contributed by atoms with Crippen LogP contribution in [0, 0.1) is 23.2 Å². The fourth-order valence-electron chi connectivity index (χ4n) is 7.59. The Labute approximate surface area is 189 Å². The van der Waals surface area contributed by atoms with Crippen molar-refractivity contribution in [2.75, 3.05) is 18.8 Å². The van der Waals surface area contributed by atoms with E-state index in [2.05, 4.69) is 18.7 Å². The van der Waals surface area contributed by atoms with E-state index in [1.807, 2.05) is 0 Å². The highest BCUT2D eigenvalue weighted by Crippen LogP contribution is 2.53. The van der Waals surface area contributed by atoms with Crippen LogP contribution in [0.15, 0.2) is 0 Å². The molecular weight excluding hydrogens is 413 g/mol. The van der Waals surface area contributed by atoms with Crippen molar-refractivity contribution in [3.63, 3.8) is 0 Å². The number of hydrogen-bond acceptors (Lipinski definition) is 4. The van der Waals surface area contributed by atoms with Gasteiger partial charge in [0.2, 0.25) is 0 Å². The molecule has 0 radical (unpaired) electrons. The number of unbranched alkanes of at least 4 members (excludes halogenated alkanes) is 1. The minimum absolute atomic E-state index is 0.00402. The van der Waals surface area contributed by atoms with Gasteiger partial charge in [-0.15, -0.1) is 0 Å². The lowest BCUT2D eigenvalue weighted by molar-refractivity contribution is -0.0738. The Kier molecular flexibility index (Phi) is 7.40. The minimum Gasteiger partial charge on any atom is -0.392 e. The Hall–Kier alpha value is -0.200. The molecule has 31 heavy (non-hydrogen) atoms. The number of alkyl halides is 1. The summed E-state index contributed by atoms with van der Waals surface area (Å²) in [6.07, 6.45) is 8.72. The van der Waals surface area contributed by atoms with Crippen LogP contribution in [0.5, 0.6) is 0 Å². The zero-order chi connectivity index (χ0) is 22.2. The third-order valence-electron chi connectivity index (χ3n) is 9.63. The summed E-state index contributed by atoms with van der Waals surface area (Å²) >= 11 is 0. The average molecular weight is 458 g/mol.